The molecule has 1 heterocycles. The van der Waals surface area contributed by atoms with Crippen molar-refractivity contribution in [3.63, 3.8) is 0 Å². The quantitative estimate of drug-likeness (QED) is 0.181. The second-order valence-corrected chi connectivity index (χ2v) is 12.2. The second kappa shape index (κ2) is 11.8. The smallest absolute Gasteiger partial charge is 0.0562 e. The number of rotatable bonds is 6. The lowest BCUT2D eigenvalue weighted by Gasteiger charge is -2.27. The Morgan fingerprint density at radius 3 is 1.62 bits per heavy atom. The van der Waals surface area contributed by atoms with Gasteiger partial charge in [-0.25, -0.2) is 0 Å². The molecule has 0 spiro atoms. The van der Waals surface area contributed by atoms with Gasteiger partial charge < -0.3 is 9.47 Å². The molecule has 2 heteroatoms. The van der Waals surface area contributed by atoms with E-state index in [-0.39, 0.29) is 0 Å². The Balaban J connectivity index is 1.23. The van der Waals surface area contributed by atoms with Crippen LogP contribution in [0.25, 0.3) is 60.5 Å². The molecule has 0 atom stereocenters. The fourth-order valence-electron chi connectivity index (χ4n) is 7.07. The van der Waals surface area contributed by atoms with Crippen LogP contribution in [-0.2, 0) is 0 Å². The highest BCUT2D eigenvalue weighted by molar-refractivity contribution is 6.16. The van der Waals surface area contributed by atoms with E-state index in [0.29, 0.717) is 0 Å². The molecule has 0 saturated carbocycles. The van der Waals surface area contributed by atoms with Gasteiger partial charge in [-0.2, -0.15) is 0 Å². The average molecular weight is 613 g/mol. The highest BCUT2D eigenvalue weighted by Gasteiger charge is 2.21. The molecule has 0 radical (unpaired) electrons. The van der Waals surface area contributed by atoms with Crippen molar-refractivity contribution in [3.8, 4) is 27.9 Å². The number of hydrogen-bond acceptors (Lipinski definition) is 1. The van der Waals surface area contributed by atoms with Crippen LogP contribution >= 0.6 is 0 Å². The summed E-state index contributed by atoms with van der Waals surface area (Å²) in [4.78, 5) is 2.41. The van der Waals surface area contributed by atoms with Gasteiger partial charge in [0, 0.05) is 27.8 Å². The van der Waals surface area contributed by atoms with E-state index in [0.717, 1.165) is 22.7 Å². The summed E-state index contributed by atoms with van der Waals surface area (Å²) in [6, 6.07) is 69.9. The maximum atomic E-state index is 2.41. The molecule has 0 saturated heterocycles. The van der Waals surface area contributed by atoms with Gasteiger partial charge in [-0.15, -0.1) is 0 Å². The SMILES string of the molecule is c1ccc(-c2ccc(N(c3ccc(-c4ccc5ccccc5c4)cc3)c3cccc4c3c3ccccc3n4-c3ccccc3)cc2)cc1. The molecular weight excluding hydrogens is 581 g/mol. The fraction of sp³-hybridized carbons (Fsp3) is 0. The van der Waals surface area contributed by atoms with E-state index in [1.165, 1.54) is 54.8 Å². The Kier molecular flexibility index (Phi) is 6.84. The molecule has 0 fully saturated rings. The van der Waals surface area contributed by atoms with E-state index in [1.54, 1.807) is 0 Å². The van der Waals surface area contributed by atoms with Gasteiger partial charge in [-0.3, -0.25) is 0 Å². The van der Waals surface area contributed by atoms with Crippen molar-refractivity contribution in [3.05, 3.63) is 194 Å². The van der Waals surface area contributed by atoms with Crippen molar-refractivity contribution in [2.24, 2.45) is 0 Å². The molecule has 8 aromatic carbocycles. The minimum Gasteiger partial charge on any atom is -0.310 e. The van der Waals surface area contributed by atoms with Gasteiger partial charge >= 0.3 is 0 Å². The van der Waals surface area contributed by atoms with Gasteiger partial charge in [0.2, 0.25) is 0 Å². The molecule has 2 nitrogen and oxygen atoms in total. The summed E-state index contributed by atoms with van der Waals surface area (Å²) < 4.78 is 2.38. The number of para-hydroxylation sites is 2. The van der Waals surface area contributed by atoms with Crippen molar-refractivity contribution < 1.29 is 0 Å². The normalized spacial score (nSPS) is 11.3. The summed E-state index contributed by atoms with van der Waals surface area (Å²) in [7, 11) is 0. The molecule has 0 aliphatic heterocycles. The monoisotopic (exact) mass is 612 g/mol. The van der Waals surface area contributed by atoms with Crippen LogP contribution in [0, 0.1) is 0 Å². The first kappa shape index (κ1) is 27.9. The predicted octanol–water partition coefficient (Wildman–Crippen LogP) is 12.7. The zero-order valence-corrected chi connectivity index (χ0v) is 26.4. The van der Waals surface area contributed by atoms with Gasteiger partial charge in [0.15, 0.2) is 0 Å². The van der Waals surface area contributed by atoms with Gasteiger partial charge in [0.05, 0.1) is 16.7 Å². The van der Waals surface area contributed by atoms with Crippen LogP contribution in [0.1, 0.15) is 0 Å². The first-order valence-electron chi connectivity index (χ1n) is 16.4. The predicted molar refractivity (Wildman–Crippen MR) is 204 cm³/mol. The minimum atomic E-state index is 1.11. The van der Waals surface area contributed by atoms with Gasteiger partial charge in [0.25, 0.3) is 0 Å². The maximum absolute atomic E-state index is 2.41. The summed E-state index contributed by atoms with van der Waals surface area (Å²) in [5.74, 6) is 0. The van der Waals surface area contributed by atoms with Crippen LogP contribution in [-0.4, -0.2) is 4.57 Å². The molecule has 48 heavy (non-hydrogen) atoms. The number of fused-ring (bicyclic) bond motifs is 4. The summed E-state index contributed by atoms with van der Waals surface area (Å²) in [6.45, 7) is 0. The minimum absolute atomic E-state index is 1.11. The lowest BCUT2D eigenvalue weighted by Crippen LogP contribution is -2.10. The Labute approximate surface area is 280 Å². The van der Waals surface area contributed by atoms with Gasteiger partial charge in [-0.1, -0.05) is 133 Å². The topological polar surface area (TPSA) is 8.17 Å². The summed E-state index contributed by atoms with van der Waals surface area (Å²) in [6.07, 6.45) is 0. The summed E-state index contributed by atoms with van der Waals surface area (Å²) >= 11 is 0. The van der Waals surface area contributed by atoms with E-state index < -0.39 is 0 Å². The Morgan fingerprint density at radius 1 is 0.354 bits per heavy atom. The number of anilines is 3. The summed E-state index contributed by atoms with van der Waals surface area (Å²) in [5, 5.41) is 4.96. The number of aromatic nitrogens is 1. The Morgan fingerprint density at radius 2 is 0.896 bits per heavy atom. The molecule has 9 rings (SSSR count). The molecule has 226 valence electrons. The van der Waals surface area contributed by atoms with Crippen LogP contribution in [0.2, 0.25) is 0 Å². The van der Waals surface area contributed by atoms with E-state index in [4.69, 9.17) is 0 Å². The molecule has 0 aliphatic rings. The third-order valence-corrected chi connectivity index (χ3v) is 9.37. The lowest BCUT2D eigenvalue weighted by molar-refractivity contribution is 1.18. The van der Waals surface area contributed by atoms with E-state index in [1.807, 2.05) is 0 Å². The van der Waals surface area contributed by atoms with Crippen LogP contribution < -0.4 is 4.90 Å². The average Bonchev–Trinajstić information content (AvgIpc) is 3.51. The third kappa shape index (κ3) is 4.83. The standard InChI is InChI=1S/C46H32N2/c1-3-12-33(13-4-1)35-24-28-40(29-25-35)47(41-30-26-36(27-31-41)38-23-22-34-14-7-8-15-37(34)32-38)44-20-11-21-45-46(44)42-18-9-10-19-43(42)48(45)39-16-5-2-6-17-39/h1-32H. The van der Waals surface area contributed by atoms with Gasteiger partial charge in [0.1, 0.15) is 0 Å². The van der Waals surface area contributed by atoms with Crippen molar-refractivity contribution in [2.75, 3.05) is 4.90 Å². The van der Waals surface area contributed by atoms with Crippen molar-refractivity contribution >= 4 is 49.6 Å². The van der Waals surface area contributed by atoms with Crippen LogP contribution in [0.3, 0.4) is 0 Å². The molecule has 9 aromatic rings. The molecule has 0 unspecified atom stereocenters. The summed E-state index contributed by atoms with van der Waals surface area (Å²) in [5.41, 5.74) is 11.7. The van der Waals surface area contributed by atoms with Gasteiger partial charge in [-0.05, 0) is 93.7 Å². The second-order valence-electron chi connectivity index (χ2n) is 12.2. The number of nitrogens with zero attached hydrogens (tertiary/aromatic N) is 2. The van der Waals surface area contributed by atoms with E-state index in [9.17, 15) is 0 Å². The first-order chi connectivity index (χ1) is 23.8. The zero-order chi connectivity index (χ0) is 31.9. The molecule has 1 aromatic heterocycles. The van der Waals surface area contributed by atoms with Crippen LogP contribution in [0.15, 0.2) is 194 Å². The van der Waals surface area contributed by atoms with Crippen molar-refractivity contribution in [1.29, 1.82) is 0 Å². The molecule has 0 N–H and O–H groups in total. The van der Waals surface area contributed by atoms with E-state index in [2.05, 4.69) is 204 Å². The lowest BCUT2D eigenvalue weighted by atomic mass is 10.0. The van der Waals surface area contributed by atoms with E-state index >= 15 is 0 Å². The van der Waals surface area contributed by atoms with Crippen LogP contribution in [0.4, 0.5) is 17.1 Å². The molecule has 0 bridgehead atoms. The van der Waals surface area contributed by atoms with Crippen molar-refractivity contribution in [2.45, 2.75) is 0 Å². The maximum Gasteiger partial charge on any atom is 0.0562 e. The largest absolute Gasteiger partial charge is 0.310 e. The Hall–Kier alpha value is -6.38. The number of hydrogen-bond donors (Lipinski definition) is 0. The molecular formula is C46H32N2. The van der Waals surface area contributed by atoms with Crippen molar-refractivity contribution in [1.82, 2.24) is 4.57 Å². The zero-order valence-electron chi connectivity index (χ0n) is 26.4. The highest BCUT2D eigenvalue weighted by Crippen LogP contribution is 2.44. The fourth-order valence-corrected chi connectivity index (χ4v) is 7.07. The highest BCUT2D eigenvalue weighted by atomic mass is 15.1. The Bertz CT molecular complexity index is 2530. The molecule has 0 amide bonds. The third-order valence-electron chi connectivity index (χ3n) is 9.37. The first-order valence-corrected chi connectivity index (χ1v) is 16.4. The van der Waals surface area contributed by atoms with Crippen LogP contribution in [0.5, 0.6) is 0 Å². The number of benzene rings is 8. The molecule has 0 aliphatic carbocycles.